The molecule has 4 rings (SSSR count). The molecule has 0 unspecified atom stereocenters. The van der Waals surface area contributed by atoms with Crippen molar-refractivity contribution in [3.05, 3.63) is 59.7 Å². The van der Waals surface area contributed by atoms with Gasteiger partial charge in [0.15, 0.2) is 0 Å². The number of fused-ring (bicyclic) bond motifs is 1. The second-order valence-electron chi connectivity index (χ2n) is 6.88. The number of nitrogens with zero attached hydrogens (tertiary/aromatic N) is 2. The van der Waals surface area contributed by atoms with Crippen molar-refractivity contribution in [1.82, 2.24) is 10.2 Å². The molecule has 0 bridgehead atoms. The fourth-order valence-electron chi connectivity index (χ4n) is 3.72. The zero-order valence-corrected chi connectivity index (χ0v) is 17.1. The first kappa shape index (κ1) is 20.6. The van der Waals surface area contributed by atoms with E-state index in [1.807, 2.05) is 24.3 Å². The van der Waals surface area contributed by atoms with E-state index in [0.717, 1.165) is 37.2 Å². The molecule has 0 saturated carbocycles. The number of amides is 1. The molecule has 8 heteroatoms. The minimum Gasteiger partial charge on any atom is -0.336 e. The van der Waals surface area contributed by atoms with Crippen molar-refractivity contribution >= 4 is 34.0 Å². The van der Waals surface area contributed by atoms with Gasteiger partial charge in [-0.1, -0.05) is 24.3 Å². The van der Waals surface area contributed by atoms with Gasteiger partial charge >= 0.3 is 0 Å². The van der Waals surface area contributed by atoms with Crippen LogP contribution in [-0.4, -0.2) is 51.9 Å². The van der Waals surface area contributed by atoms with Gasteiger partial charge in [0.2, 0.25) is 0 Å². The van der Waals surface area contributed by atoms with Crippen LogP contribution in [0.4, 0.5) is 5.69 Å². The molecule has 6 nitrogen and oxygen atoms in total. The van der Waals surface area contributed by atoms with Crippen molar-refractivity contribution in [2.45, 2.75) is 17.7 Å². The van der Waals surface area contributed by atoms with Crippen LogP contribution in [0.3, 0.4) is 0 Å². The van der Waals surface area contributed by atoms with E-state index >= 15 is 0 Å². The molecular weight excluding hydrogens is 398 g/mol. The first-order chi connectivity index (χ1) is 13.1. The molecule has 1 saturated heterocycles. The monoisotopic (exact) mass is 421 g/mol. The van der Waals surface area contributed by atoms with E-state index in [9.17, 15) is 13.2 Å². The summed E-state index contributed by atoms with van der Waals surface area (Å²) in [6.07, 6.45) is 1.67. The van der Waals surface area contributed by atoms with Crippen LogP contribution in [0.15, 0.2) is 53.4 Å². The number of sulfonamides is 1. The molecule has 1 amide bonds. The Morgan fingerprint density at radius 2 is 1.71 bits per heavy atom. The molecule has 0 aliphatic carbocycles. The molecule has 0 aromatic heterocycles. The highest BCUT2D eigenvalue weighted by Crippen LogP contribution is 2.32. The van der Waals surface area contributed by atoms with Crippen LogP contribution in [0.25, 0.3) is 0 Å². The minimum absolute atomic E-state index is 0. The highest BCUT2D eigenvalue weighted by Gasteiger charge is 2.29. The van der Waals surface area contributed by atoms with Gasteiger partial charge < -0.3 is 10.2 Å². The van der Waals surface area contributed by atoms with Crippen molar-refractivity contribution in [2.75, 3.05) is 37.0 Å². The number of halogens is 1. The lowest BCUT2D eigenvalue weighted by Crippen LogP contribution is -2.46. The fourth-order valence-corrected chi connectivity index (χ4v) is 5.30. The summed E-state index contributed by atoms with van der Waals surface area (Å²) in [5.74, 6) is -0.118. The molecule has 2 aliphatic rings. The minimum atomic E-state index is -3.71. The van der Waals surface area contributed by atoms with Gasteiger partial charge in [0, 0.05) is 38.3 Å². The topological polar surface area (TPSA) is 69.7 Å². The zero-order chi connectivity index (χ0) is 18.9. The van der Waals surface area contributed by atoms with E-state index < -0.39 is 10.0 Å². The summed E-state index contributed by atoms with van der Waals surface area (Å²) in [7, 11) is -3.71. The number of benzene rings is 2. The average molecular weight is 422 g/mol. The Bertz CT molecular complexity index is 959. The third-order valence-corrected chi connectivity index (χ3v) is 6.95. The van der Waals surface area contributed by atoms with Crippen LogP contribution in [-0.2, 0) is 16.4 Å². The van der Waals surface area contributed by atoms with Crippen LogP contribution in [0.1, 0.15) is 22.3 Å². The maximum absolute atomic E-state index is 13.3. The Balaban J connectivity index is 0.00000225. The molecule has 2 aromatic rings. The van der Waals surface area contributed by atoms with E-state index in [4.69, 9.17) is 0 Å². The highest BCUT2D eigenvalue weighted by atomic mass is 35.5. The third kappa shape index (κ3) is 3.87. The predicted octanol–water partition coefficient (Wildman–Crippen LogP) is 2.30. The third-order valence-electron chi connectivity index (χ3n) is 5.14. The summed E-state index contributed by atoms with van der Waals surface area (Å²) in [6, 6.07) is 14.0. The molecule has 28 heavy (non-hydrogen) atoms. The van der Waals surface area contributed by atoms with Gasteiger partial charge in [-0.05, 0) is 42.7 Å². The van der Waals surface area contributed by atoms with Crippen LogP contribution in [0.2, 0.25) is 0 Å². The largest absolute Gasteiger partial charge is 0.336 e. The summed E-state index contributed by atoms with van der Waals surface area (Å²) >= 11 is 0. The fraction of sp³-hybridized carbons (Fsp3) is 0.350. The Labute approximate surface area is 172 Å². The summed E-state index contributed by atoms with van der Waals surface area (Å²) in [6.45, 7) is 3.24. The van der Waals surface area contributed by atoms with E-state index in [-0.39, 0.29) is 23.2 Å². The molecule has 1 N–H and O–H groups in total. The molecule has 2 heterocycles. The predicted molar refractivity (Wildman–Crippen MR) is 112 cm³/mol. The summed E-state index contributed by atoms with van der Waals surface area (Å²) in [5, 5.41) is 3.21. The van der Waals surface area contributed by atoms with Gasteiger partial charge in [0.25, 0.3) is 15.9 Å². The van der Waals surface area contributed by atoms with Gasteiger partial charge in [0.1, 0.15) is 0 Å². The number of hydrogen-bond acceptors (Lipinski definition) is 4. The molecular formula is C20H24ClN3O3S. The lowest BCUT2D eigenvalue weighted by Gasteiger charge is -2.31. The second-order valence-corrected chi connectivity index (χ2v) is 8.74. The number of carbonyl (C=O) groups excluding carboxylic acids is 1. The molecule has 2 aliphatic heterocycles. The van der Waals surface area contributed by atoms with Crippen LogP contribution >= 0.6 is 12.4 Å². The lowest BCUT2D eigenvalue weighted by molar-refractivity contribution is 0.0735. The quantitative estimate of drug-likeness (QED) is 0.825. The van der Waals surface area contributed by atoms with Crippen molar-refractivity contribution in [2.24, 2.45) is 0 Å². The maximum Gasteiger partial charge on any atom is 0.264 e. The van der Waals surface area contributed by atoms with Crippen molar-refractivity contribution in [3.8, 4) is 0 Å². The van der Waals surface area contributed by atoms with Gasteiger partial charge in [-0.25, -0.2) is 8.42 Å². The molecule has 0 radical (unpaired) electrons. The van der Waals surface area contributed by atoms with Crippen LogP contribution in [0, 0.1) is 0 Å². The molecule has 150 valence electrons. The van der Waals surface area contributed by atoms with Crippen molar-refractivity contribution < 1.29 is 13.2 Å². The van der Waals surface area contributed by atoms with Gasteiger partial charge in [-0.2, -0.15) is 0 Å². The Morgan fingerprint density at radius 3 is 2.50 bits per heavy atom. The van der Waals surface area contributed by atoms with Crippen LogP contribution < -0.4 is 9.62 Å². The number of anilines is 1. The van der Waals surface area contributed by atoms with Crippen molar-refractivity contribution in [3.63, 3.8) is 0 Å². The van der Waals surface area contributed by atoms with E-state index in [0.29, 0.717) is 25.2 Å². The normalized spacial score (nSPS) is 16.9. The molecule has 0 atom stereocenters. The number of aryl methyl sites for hydroxylation is 1. The number of carbonyl (C=O) groups is 1. The smallest absolute Gasteiger partial charge is 0.264 e. The van der Waals surface area contributed by atoms with Crippen LogP contribution in [0.5, 0.6) is 0 Å². The average Bonchev–Trinajstić information content (AvgIpc) is 2.73. The number of para-hydroxylation sites is 1. The lowest BCUT2D eigenvalue weighted by atomic mass is 10.0. The Morgan fingerprint density at radius 1 is 0.964 bits per heavy atom. The van der Waals surface area contributed by atoms with Gasteiger partial charge in [-0.15, -0.1) is 12.4 Å². The van der Waals surface area contributed by atoms with E-state index in [1.165, 1.54) is 10.4 Å². The number of nitrogens with one attached hydrogen (secondary N) is 1. The number of piperazine rings is 1. The van der Waals surface area contributed by atoms with Crippen molar-refractivity contribution in [1.29, 1.82) is 0 Å². The first-order valence-electron chi connectivity index (χ1n) is 9.28. The molecule has 0 spiro atoms. The SMILES string of the molecule is Cl.O=C(c1cccc(S(=O)(=O)N2CCCc3ccccc32)c1)N1CCNCC1. The van der Waals surface area contributed by atoms with E-state index in [2.05, 4.69) is 5.32 Å². The summed E-state index contributed by atoms with van der Waals surface area (Å²) in [4.78, 5) is 14.7. The van der Waals surface area contributed by atoms with Gasteiger partial charge in [-0.3, -0.25) is 9.10 Å². The van der Waals surface area contributed by atoms with E-state index in [1.54, 1.807) is 23.1 Å². The maximum atomic E-state index is 13.3. The van der Waals surface area contributed by atoms with Gasteiger partial charge in [0.05, 0.1) is 10.6 Å². The number of hydrogen-bond donors (Lipinski definition) is 1. The zero-order valence-electron chi connectivity index (χ0n) is 15.5. The summed E-state index contributed by atoms with van der Waals surface area (Å²) in [5.41, 5.74) is 2.20. The Kier molecular flexibility index (Phi) is 6.27. The highest BCUT2D eigenvalue weighted by molar-refractivity contribution is 7.92. The summed E-state index contributed by atoms with van der Waals surface area (Å²) < 4.78 is 28.1. The first-order valence-corrected chi connectivity index (χ1v) is 10.7. The second kappa shape index (κ2) is 8.51. The molecule has 1 fully saturated rings. The number of rotatable bonds is 3. The Hall–Kier alpha value is -2.09. The standard InChI is InChI=1S/C20H23N3O3S.ClH/c24-20(22-13-10-21-11-14-22)17-6-3-8-18(15-17)27(25,26)23-12-4-7-16-5-1-2-9-19(16)23;/h1-3,5-6,8-9,15,21H,4,7,10-14H2;1H. The molecule has 2 aromatic carbocycles.